The molecule has 1 aliphatic heterocycles. The second-order valence-electron chi connectivity index (χ2n) is 5.68. The van der Waals surface area contributed by atoms with E-state index in [9.17, 15) is 27.6 Å². The SMILES string of the molecule is CC(C)CN1C(=O)C(=O)N(Cc2ccc(OC(F)(F)F)cc2)C1=O. The van der Waals surface area contributed by atoms with E-state index in [1.165, 1.54) is 12.1 Å². The summed E-state index contributed by atoms with van der Waals surface area (Å²) in [5.74, 6) is -2.26. The molecule has 0 saturated carbocycles. The number of benzene rings is 1. The first-order chi connectivity index (χ1) is 11.1. The fourth-order valence-electron chi connectivity index (χ4n) is 2.20. The highest BCUT2D eigenvalue weighted by molar-refractivity contribution is 6.44. The normalized spacial score (nSPS) is 15.7. The number of ether oxygens (including phenoxy) is 1. The van der Waals surface area contributed by atoms with E-state index in [2.05, 4.69) is 4.74 Å². The Bertz CT molecular complexity index is 656. The van der Waals surface area contributed by atoms with Gasteiger partial charge >= 0.3 is 24.2 Å². The van der Waals surface area contributed by atoms with Crippen LogP contribution in [-0.2, 0) is 16.1 Å². The molecule has 1 saturated heterocycles. The van der Waals surface area contributed by atoms with Gasteiger partial charge in [0.2, 0.25) is 0 Å². The zero-order chi connectivity index (χ0) is 18.1. The van der Waals surface area contributed by atoms with E-state index in [0.717, 1.165) is 21.9 Å². The van der Waals surface area contributed by atoms with Gasteiger partial charge in [-0.3, -0.25) is 19.4 Å². The van der Waals surface area contributed by atoms with Crippen LogP contribution in [0.25, 0.3) is 0 Å². The van der Waals surface area contributed by atoms with Gasteiger partial charge in [0.1, 0.15) is 5.75 Å². The van der Waals surface area contributed by atoms with Crippen molar-refractivity contribution in [3.05, 3.63) is 29.8 Å². The molecule has 0 unspecified atom stereocenters. The molecule has 24 heavy (non-hydrogen) atoms. The topological polar surface area (TPSA) is 66.9 Å². The minimum atomic E-state index is -4.80. The van der Waals surface area contributed by atoms with E-state index in [-0.39, 0.29) is 19.0 Å². The lowest BCUT2D eigenvalue weighted by molar-refractivity contribution is -0.274. The zero-order valence-corrected chi connectivity index (χ0v) is 13.0. The van der Waals surface area contributed by atoms with Crippen molar-refractivity contribution < 1.29 is 32.3 Å². The number of hydrogen-bond acceptors (Lipinski definition) is 4. The molecule has 0 aromatic heterocycles. The number of urea groups is 1. The van der Waals surface area contributed by atoms with E-state index in [4.69, 9.17) is 0 Å². The van der Waals surface area contributed by atoms with Gasteiger partial charge in [0.05, 0.1) is 6.54 Å². The zero-order valence-electron chi connectivity index (χ0n) is 13.0. The van der Waals surface area contributed by atoms with E-state index >= 15 is 0 Å². The van der Waals surface area contributed by atoms with Crippen molar-refractivity contribution in [1.29, 1.82) is 0 Å². The van der Waals surface area contributed by atoms with E-state index in [1.54, 1.807) is 13.8 Å². The lowest BCUT2D eigenvalue weighted by atomic mass is 10.2. The van der Waals surface area contributed by atoms with Crippen LogP contribution in [0.5, 0.6) is 5.75 Å². The Kier molecular flexibility index (Phi) is 4.81. The fraction of sp³-hybridized carbons (Fsp3) is 0.400. The summed E-state index contributed by atoms with van der Waals surface area (Å²) in [7, 11) is 0. The van der Waals surface area contributed by atoms with Crippen molar-refractivity contribution in [2.75, 3.05) is 6.54 Å². The number of rotatable bonds is 5. The summed E-state index contributed by atoms with van der Waals surface area (Å²) in [6.07, 6.45) is -4.80. The lowest BCUT2D eigenvalue weighted by Crippen LogP contribution is -2.35. The second kappa shape index (κ2) is 6.50. The number of imide groups is 2. The van der Waals surface area contributed by atoms with Gasteiger partial charge in [-0.1, -0.05) is 26.0 Å². The third kappa shape index (κ3) is 4.03. The molecule has 130 valence electrons. The number of nitrogens with zero attached hydrogens (tertiary/aromatic N) is 2. The summed E-state index contributed by atoms with van der Waals surface area (Å²) in [6.45, 7) is 3.52. The summed E-state index contributed by atoms with van der Waals surface area (Å²) in [4.78, 5) is 37.5. The summed E-state index contributed by atoms with van der Waals surface area (Å²) in [6, 6.07) is 3.99. The average molecular weight is 344 g/mol. The second-order valence-corrected chi connectivity index (χ2v) is 5.68. The Morgan fingerprint density at radius 3 is 2.04 bits per heavy atom. The number of alkyl halides is 3. The summed E-state index contributed by atoms with van der Waals surface area (Å²) >= 11 is 0. The lowest BCUT2D eigenvalue weighted by Gasteiger charge is -2.17. The highest BCUT2D eigenvalue weighted by Crippen LogP contribution is 2.24. The monoisotopic (exact) mass is 344 g/mol. The maximum absolute atomic E-state index is 12.2. The Hall–Kier alpha value is -2.58. The van der Waals surface area contributed by atoms with Crippen LogP contribution in [0.2, 0.25) is 0 Å². The standard InChI is InChI=1S/C15H15F3N2O4/c1-9(2)7-19-12(21)13(22)20(14(19)23)8-10-3-5-11(6-4-10)24-15(16,17)18/h3-6,9H,7-8H2,1-2H3. The van der Waals surface area contributed by atoms with Crippen molar-refractivity contribution in [1.82, 2.24) is 9.80 Å². The molecule has 1 aromatic rings. The van der Waals surface area contributed by atoms with Crippen LogP contribution in [0.3, 0.4) is 0 Å². The first kappa shape index (κ1) is 17.8. The number of carbonyl (C=O) groups is 3. The molecule has 0 N–H and O–H groups in total. The highest BCUT2D eigenvalue weighted by Gasteiger charge is 2.44. The van der Waals surface area contributed by atoms with Gasteiger partial charge in [-0.15, -0.1) is 13.2 Å². The Balaban J connectivity index is 2.09. The highest BCUT2D eigenvalue weighted by atomic mass is 19.4. The van der Waals surface area contributed by atoms with Gasteiger partial charge in [-0.2, -0.15) is 0 Å². The van der Waals surface area contributed by atoms with Gasteiger partial charge < -0.3 is 4.74 Å². The molecule has 0 bridgehead atoms. The van der Waals surface area contributed by atoms with Crippen molar-refractivity contribution in [3.63, 3.8) is 0 Å². The van der Waals surface area contributed by atoms with E-state index < -0.39 is 30.0 Å². The Labute approximate surface area is 135 Å². The molecule has 1 fully saturated rings. The minimum absolute atomic E-state index is 0.00412. The molecule has 1 heterocycles. The molecule has 9 heteroatoms. The first-order valence-corrected chi connectivity index (χ1v) is 7.10. The molecule has 2 rings (SSSR count). The van der Waals surface area contributed by atoms with Crippen LogP contribution in [0, 0.1) is 5.92 Å². The van der Waals surface area contributed by atoms with Crippen LogP contribution in [0.15, 0.2) is 24.3 Å². The molecule has 1 aromatic carbocycles. The average Bonchev–Trinajstić information content (AvgIpc) is 2.65. The van der Waals surface area contributed by atoms with Crippen LogP contribution >= 0.6 is 0 Å². The van der Waals surface area contributed by atoms with Crippen molar-refractivity contribution in [2.24, 2.45) is 5.92 Å². The largest absolute Gasteiger partial charge is 0.573 e. The van der Waals surface area contributed by atoms with Gasteiger partial charge in [-0.05, 0) is 23.6 Å². The van der Waals surface area contributed by atoms with Gasteiger partial charge in [-0.25, -0.2) is 4.79 Å². The molecule has 4 amide bonds. The number of amides is 4. The number of carbonyl (C=O) groups excluding carboxylic acids is 3. The molecule has 0 radical (unpaired) electrons. The predicted molar refractivity (Wildman–Crippen MR) is 75.6 cm³/mol. The van der Waals surface area contributed by atoms with Gasteiger partial charge in [0, 0.05) is 6.54 Å². The van der Waals surface area contributed by atoms with Crippen molar-refractivity contribution >= 4 is 17.8 Å². The minimum Gasteiger partial charge on any atom is -0.406 e. The third-order valence-electron chi connectivity index (χ3n) is 3.18. The van der Waals surface area contributed by atoms with Crippen molar-refractivity contribution in [2.45, 2.75) is 26.8 Å². The quantitative estimate of drug-likeness (QED) is 0.608. The van der Waals surface area contributed by atoms with Crippen LogP contribution < -0.4 is 4.74 Å². The molecule has 0 aliphatic carbocycles. The molecule has 0 atom stereocenters. The maximum Gasteiger partial charge on any atom is 0.573 e. The van der Waals surface area contributed by atoms with Gasteiger partial charge in [0.25, 0.3) is 0 Å². The Morgan fingerprint density at radius 2 is 1.54 bits per heavy atom. The number of halogens is 3. The third-order valence-corrected chi connectivity index (χ3v) is 3.18. The Morgan fingerprint density at radius 1 is 1.00 bits per heavy atom. The molecular weight excluding hydrogens is 329 g/mol. The van der Waals surface area contributed by atoms with Gasteiger partial charge in [0.15, 0.2) is 0 Å². The summed E-state index contributed by atoms with van der Waals surface area (Å²) < 4.78 is 40.0. The van der Waals surface area contributed by atoms with E-state index in [1.807, 2.05) is 0 Å². The van der Waals surface area contributed by atoms with Crippen LogP contribution in [0.1, 0.15) is 19.4 Å². The smallest absolute Gasteiger partial charge is 0.406 e. The molecule has 0 spiro atoms. The van der Waals surface area contributed by atoms with E-state index in [0.29, 0.717) is 5.56 Å². The maximum atomic E-state index is 12.2. The predicted octanol–water partition coefficient (Wildman–Crippen LogP) is 2.53. The molecule has 1 aliphatic rings. The first-order valence-electron chi connectivity index (χ1n) is 7.10. The summed E-state index contributed by atoms with van der Waals surface area (Å²) in [5, 5.41) is 0. The molecular formula is C15H15F3N2O4. The number of hydrogen-bond donors (Lipinski definition) is 0. The summed E-state index contributed by atoms with van der Waals surface area (Å²) in [5.41, 5.74) is 0.394. The fourth-order valence-corrected chi connectivity index (χ4v) is 2.20. The van der Waals surface area contributed by atoms with Crippen LogP contribution in [-0.4, -0.2) is 40.6 Å². The van der Waals surface area contributed by atoms with Crippen molar-refractivity contribution in [3.8, 4) is 5.75 Å². The van der Waals surface area contributed by atoms with Crippen LogP contribution in [0.4, 0.5) is 18.0 Å². The molecule has 6 nitrogen and oxygen atoms in total.